The molecule has 0 aromatic heterocycles. The Morgan fingerprint density at radius 1 is 1.14 bits per heavy atom. The van der Waals surface area contributed by atoms with Crippen LogP contribution in [0.3, 0.4) is 0 Å². The van der Waals surface area contributed by atoms with E-state index in [1.807, 2.05) is 42.5 Å². The van der Waals surface area contributed by atoms with E-state index in [1.54, 1.807) is 0 Å². The largest absolute Gasteiger partial charge is 0.494 e. The first kappa shape index (κ1) is 15.7. The second-order valence-corrected chi connectivity index (χ2v) is 5.58. The Hall–Kier alpha value is -1.71. The van der Waals surface area contributed by atoms with Gasteiger partial charge in [-0.3, -0.25) is 0 Å². The van der Waals surface area contributed by atoms with Crippen LogP contribution in [0.5, 0.6) is 5.75 Å². The third-order valence-electron chi connectivity index (χ3n) is 3.17. The van der Waals surface area contributed by atoms with Gasteiger partial charge in [0, 0.05) is 23.8 Å². The molecule has 0 atom stereocenters. The fourth-order valence-corrected chi connectivity index (χ4v) is 2.33. The minimum Gasteiger partial charge on any atom is -0.494 e. The molecule has 2 aromatic rings. The number of halogens is 1. The van der Waals surface area contributed by atoms with E-state index in [0.717, 1.165) is 36.0 Å². The molecular formula is C17H21ClN2O. The summed E-state index contributed by atoms with van der Waals surface area (Å²) in [6.07, 6.45) is 0.974. The summed E-state index contributed by atoms with van der Waals surface area (Å²) in [4.78, 5) is 2.26. The Morgan fingerprint density at radius 3 is 2.62 bits per heavy atom. The molecule has 0 saturated heterocycles. The van der Waals surface area contributed by atoms with Gasteiger partial charge in [0.1, 0.15) is 5.75 Å². The van der Waals surface area contributed by atoms with Crippen molar-refractivity contribution in [1.29, 1.82) is 0 Å². The van der Waals surface area contributed by atoms with Gasteiger partial charge in [-0.05, 0) is 55.4 Å². The zero-order chi connectivity index (χ0) is 15.1. The van der Waals surface area contributed by atoms with E-state index >= 15 is 0 Å². The Balaban J connectivity index is 1.67. The lowest BCUT2D eigenvalue weighted by Gasteiger charge is -2.17. The normalized spacial score (nSPS) is 10.8. The van der Waals surface area contributed by atoms with E-state index in [0.29, 0.717) is 6.61 Å². The lowest BCUT2D eigenvalue weighted by atomic mass is 10.2. The minimum atomic E-state index is 0.698. The summed E-state index contributed by atoms with van der Waals surface area (Å²) in [5, 5.41) is 0.785. The van der Waals surface area contributed by atoms with E-state index < -0.39 is 0 Å². The van der Waals surface area contributed by atoms with E-state index in [4.69, 9.17) is 22.1 Å². The quantitative estimate of drug-likeness (QED) is 0.624. The van der Waals surface area contributed by atoms with Gasteiger partial charge in [-0.15, -0.1) is 0 Å². The maximum absolute atomic E-state index is 5.99. The van der Waals surface area contributed by atoms with Crippen molar-refractivity contribution in [3.05, 3.63) is 59.1 Å². The standard InChI is InChI=1S/C17H21ClN2O/c1-20(13-14-4-2-5-15(18)12-14)10-3-11-21-17-8-6-16(19)7-9-17/h2,4-9,12H,3,10-11,13,19H2,1H3. The Morgan fingerprint density at radius 2 is 1.90 bits per heavy atom. The van der Waals surface area contributed by atoms with Gasteiger partial charge in [-0.1, -0.05) is 23.7 Å². The SMILES string of the molecule is CN(CCCOc1ccc(N)cc1)Cc1cccc(Cl)c1. The molecule has 0 heterocycles. The van der Waals surface area contributed by atoms with E-state index in [9.17, 15) is 0 Å². The molecular weight excluding hydrogens is 284 g/mol. The van der Waals surface area contributed by atoms with Crippen LogP contribution in [-0.4, -0.2) is 25.1 Å². The summed E-state index contributed by atoms with van der Waals surface area (Å²) in [5.74, 6) is 0.863. The monoisotopic (exact) mass is 304 g/mol. The second-order valence-electron chi connectivity index (χ2n) is 5.14. The number of anilines is 1. The summed E-state index contributed by atoms with van der Waals surface area (Å²) < 4.78 is 5.68. The first-order valence-electron chi connectivity index (χ1n) is 7.05. The van der Waals surface area contributed by atoms with E-state index in [1.165, 1.54) is 5.56 Å². The van der Waals surface area contributed by atoms with Crippen LogP contribution in [0.1, 0.15) is 12.0 Å². The van der Waals surface area contributed by atoms with Crippen molar-refractivity contribution in [3.8, 4) is 5.75 Å². The Bertz CT molecular complexity index is 557. The smallest absolute Gasteiger partial charge is 0.119 e. The van der Waals surface area contributed by atoms with Gasteiger partial charge >= 0.3 is 0 Å². The minimum absolute atomic E-state index is 0.698. The highest BCUT2D eigenvalue weighted by Gasteiger charge is 2.01. The van der Waals surface area contributed by atoms with Crippen LogP contribution >= 0.6 is 11.6 Å². The molecule has 2 rings (SSSR count). The predicted octanol–water partition coefficient (Wildman–Crippen LogP) is 3.82. The molecule has 21 heavy (non-hydrogen) atoms. The average molecular weight is 305 g/mol. The van der Waals surface area contributed by atoms with Crippen LogP contribution in [0.25, 0.3) is 0 Å². The highest BCUT2D eigenvalue weighted by molar-refractivity contribution is 6.30. The third-order valence-corrected chi connectivity index (χ3v) is 3.41. The van der Waals surface area contributed by atoms with Gasteiger partial charge in [0.15, 0.2) is 0 Å². The second kappa shape index (κ2) is 7.91. The van der Waals surface area contributed by atoms with Crippen LogP contribution in [0, 0.1) is 0 Å². The van der Waals surface area contributed by atoms with E-state index in [-0.39, 0.29) is 0 Å². The van der Waals surface area contributed by atoms with Crippen LogP contribution in [0.2, 0.25) is 5.02 Å². The third kappa shape index (κ3) is 5.66. The lowest BCUT2D eigenvalue weighted by Crippen LogP contribution is -2.20. The first-order valence-corrected chi connectivity index (χ1v) is 7.42. The predicted molar refractivity (Wildman–Crippen MR) is 88.8 cm³/mol. The Labute approximate surface area is 131 Å². The molecule has 0 unspecified atom stereocenters. The molecule has 3 nitrogen and oxygen atoms in total. The molecule has 0 aliphatic rings. The number of hydrogen-bond donors (Lipinski definition) is 1. The molecule has 112 valence electrons. The Kier molecular flexibility index (Phi) is 5.90. The van der Waals surface area contributed by atoms with Crippen molar-refractivity contribution in [2.45, 2.75) is 13.0 Å². The summed E-state index contributed by atoms with van der Waals surface area (Å²) in [6.45, 7) is 2.56. The fourth-order valence-electron chi connectivity index (χ4n) is 2.11. The number of ether oxygens (including phenoxy) is 1. The molecule has 0 amide bonds. The molecule has 0 aliphatic carbocycles. The van der Waals surface area contributed by atoms with Crippen molar-refractivity contribution in [1.82, 2.24) is 4.90 Å². The van der Waals surface area contributed by atoms with Gasteiger partial charge in [0.2, 0.25) is 0 Å². The molecule has 0 saturated carbocycles. The van der Waals surface area contributed by atoms with Crippen LogP contribution in [-0.2, 0) is 6.54 Å². The van der Waals surface area contributed by atoms with Gasteiger partial charge in [-0.2, -0.15) is 0 Å². The zero-order valence-corrected chi connectivity index (χ0v) is 13.0. The summed E-state index contributed by atoms with van der Waals surface area (Å²) in [7, 11) is 2.10. The highest BCUT2D eigenvalue weighted by Crippen LogP contribution is 2.14. The van der Waals surface area contributed by atoms with Gasteiger partial charge in [0.05, 0.1) is 6.61 Å². The molecule has 0 bridgehead atoms. The van der Waals surface area contributed by atoms with Crippen molar-refractivity contribution < 1.29 is 4.74 Å². The molecule has 4 heteroatoms. The van der Waals surface area contributed by atoms with E-state index in [2.05, 4.69) is 18.0 Å². The lowest BCUT2D eigenvalue weighted by molar-refractivity contribution is 0.259. The van der Waals surface area contributed by atoms with Gasteiger partial charge < -0.3 is 15.4 Å². The molecule has 0 radical (unpaired) electrons. The highest BCUT2D eigenvalue weighted by atomic mass is 35.5. The summed E-state index contributed by atoms with van der Waals surface area (Å²) in [6, 6.07) is 15.5. The van der Waals surface area contributed by atoms with Crippen molar-refractivity contribution in [3.63, 3.8) is 0 Å². The molecule has 0 aliphatic heterocycles. The number of benzene rings is 2. The van der Waals surface area contributed by atoms with Gasteiger partial charge in [0.25, 0.3) is 0 Å². The zero-order valence-electron chi connectivity index (χ0n) is 12.3. The van der Waals surface area contributed by atoms with Crippen LogP contribution < -0.4 is 10.5 Å². The summed E-state index contributed by atoms with van der Waals surface area (Å²) >= 11 is 5.99. The fraction of sp³-hybridized carbons (Fsp3) is 0.294. The van der Waals surface area contributed by atoms with Crippen molar-refractivity contribution in [2.24, 2.45) is 0 Å². The van der Waals surface area contributed by atoms with Crippen molar-refractivity contribution in [2.75, 3.05) is 25.9 Å². The van der Waals surface area contributed by atoms with Crippen LogP contribution in [0.15, 0.2) is 48.5 Å². The average Bonchev–Trinajstić information content (AvgIpc) is 2.45. The molecule has 0 fully saturated rings. The van der Waals surface area contributed by atoms with Crippen molar-refractivity contribution >= 4 is 17.3 Å². The molecule has 0 spiro atoms. The molecule has 2 N–H and O–H groups in total. The number of nitrogens with zero attached hydrogens (tertiary/aromatic N) is 1. The topological polar surface area (TPSA) is 38.5 Å². The number of nitrogen functional groups attached to an aromatic ring is 1. The maximum atomic E-state index is 5.99. The number of rotatable bonds is 7. The van der Waals surface area contributed by atoms with Crippen LogP contribution in [0.4, 0.5) is 5.69 Å². The first-order chi connectivity index (χ1) is 10.1. The van der Waals surface area contributed by atoms with Gasteiger partial charge in [-0.25, -0.2) is 0 Å². The summed E-state index contributed by atoms with van der Waals surface area (Å²) in [5.41, 5.74) is 7.61. The number of nitrogens with two attached hydrogens (primary N) is 1. The maximum Gasteiger partial charge on any atom is 0.119 e. The molecule has 2 aromatic carbocycles. The number of hydrogen-bond acceptors (Lipinski definition) is 3.